The first-order valence-electron chi connectivity index (χ1n) is 5.36. The number of carbonyl (C=O) groups is 1. The zero-order valence-corrected chi connectivity index (χ0v) is 10.1. The average molecular weight is 238 g/mol. The summed E-state index contributed by atoms with van der Waals surface area (Å²) in [5, 5.41) is 0. The summed E-state index contributed by atoms with van der Waals surface area (Å²) in [6.07, 6.45) is 2.70. The van der Waals surface area contributed by atoms with E-state index in [1.165, 1.54) is 4.90 Å². The fraction of sp³-hybridized carbons (Fsp3) is 0.308. The Balaban J connectivity index is 0.00000128. The highest BCUT2D eigenvalue weighted by Crippen LogP contribution is 2.09. The highest BCUT2D eigenvalue weighted by Gasteiger charge is 2.21. The van der Waals surface area contributed by atoms with Crippen LogP contribution in [0.15, 0.2) is 35.9 Å². The van der Waals surface area contributed by atoms with Gasteiger partial charge in [0.15, 0.2) is 5.78 Å². The van der Waals surface area contributed by atoms with Crippen LogP contribution in [0.25, 0.3) is 6.08 Å². The van der Waals surface area contributed by atoms with E-state index in [0.717, 1.165) is 24.2 Å². The minimum atomic E-state index is 0. The van der Waals surface area contributed by atoms with Crippen molar-refractivity contribution in [2.75, 3.05) is 20.1 Å². The van der Waals surface area contributed by atoms with E-state index >= 15 is 0 Å². The lowest BCUT2D eigenvalue weighted by molar-refractivity contribution is -0.875. The van der Waals surface area contributed by atoms with Crippen molar-refractivity contribution in [2.45, 2.75) is 6.42 Å². The van der Waals surface area contributed by atoms with Crippen molar-refractivity contribution in [3.63, 3.8) is 0 Å². The molecule has 0 aromatic heterocycles. The van der Waals surface area contributed by atoms with Crippen LogP contribution in [0.4, 0.5) is 0 Å². The van der Waals surface area contributed by atoms with Crippen LogP contribution in [-0.4, -0.2) is 25.9 Å². The van der Waals surface area contributed by atoms with E-state index in [4.69, 9.17) is 0 Å². The van der Waals surface area contributed by atoms with Gasteiger partial charge in [-0.15, -0.1) is 0 Å². The Hall–Kier alpha value is -1.12. The second-order valence-corrected chi connectivity index (χ2v) is 4.14. The van der Waals surface area contributed by atoms with Gasteiger partial charge in [0.05, 0.1) is 25.6 Å². The largest absolute Gasteiger partial charge is 1.00 e. The predicted octanol–water partition coefficient (Wildman–Crippen LogP) is -2.44. The number of hydrogen-bond donors (Lipinski definition) is 1. The molecule has 0 bridgehead atoms. The maximum absolute atomic E-state index is 11.7. The maximum Gasteiger partial charge on any atom is 0.170 e. The minimum Gasteiger partial charge on any atom is -1.00 e. The van der Waals surface area contributed by atoms with Gasteiger partial charge in [-0.2, -0.15) is 0 Å². The molecule has 1 saturated heterocycles. The summed E-state index contributed by atoms with van der Waals surface area (Å²) in [6.45, 7) is 1.82. The molecule has 1 aliphatic rings. The lowest BCUT2D eigenvalue weighted by atomic mass is 10.0. The third kappa shape index (κ3) is 3.19. The summed E-state index contributed by atoms with van der Waals surface area (Å²) >= 11 is 0. The molecule has 16 heavy (non-hydrogen) atoms. The molecule has 1 aromatic rings. The second kappa shape index (κ2) is 5.83. The molecule has 86 valence electrons. The van der Waals surface area contributed by atoms with E-state index < -0.39 is 0 Å². The van der Waals surface area contributed by atoms with Crippen LogP contribution in [0, 0.1) is 0 Å². The van der Waals surface area contributed by atoms with Gasteiger partial charge in [-0.25, -0.2) is 0 Å². The summed E-state index contributed by atoms with van der Waals surface area (Å²) in [5.74, 6) is 0.310. The smallest absolute Gasteiger partial charge is 0.170 e. The summed E-state index contributed by atoms with van der Waals surface area (Å²) < 4.78 is 0. The van der Waals surface area contributed by atoms with Crippen LogP contribution in [0.2, 0.25) is 0 Å². The number of Topliss-reactive ketones (excluding diaryl/α,β-unsaturated/α-hetero) is 1. The number of likely N-dealkylation sites (tertiary alicyclic amines) is 1. The van der Waals surface area contributed by atoms with Crippen LogP contribution in [0.3, 0.4) is 0 Å². The number of benzene rings is 1. The van der Waals surface area contributed by atoms with Crippen molar-refractivity contribution >= 4 is 11.9 Å². The predicted molar refractivity (Wildman–Crippen MR) is 60.7 cm³/mol. The number of halogens is 1. The molecule has 1 aromatic carbocycles. The van der Waals surface area contributed by atoms with Crippen molar-refractivity contribution in [2.24, 2.45) is 0 Å². The normalized spacial score (nSPS) is 22.9. The Morgan fingerprint density at radius 3 is 2.62 bits per heavy atom. The molecule has 1 aliphatic heterocycles. The van der Waals surface area contributed by atoms with Crippen LogP contribution in [0.5, 0.6) is 0 Å². The van der Waals surface area contributed by atoms with Gasteiger partial charge >= 0.3 is 0 Å². The first-order chi connectivity index (χ1) is 7.25. The zero-order chi connectivity index (χ0) is 10.7. The SMILES string of the molecule is C[NH+]1CCC(=O)/C(=C/c2ccccc2)C1.[Cl-]. The maximum atomic E-state index is 11.7. The number of rotatable bonds is 1. The van der Waals surface area contributed by atoms with Gasteiger partial charge in [0.1, 0.15) is 6.54 Å². The van der Waals surface area contributed by atoms with E-state index in [-0.39, 0.29) is 12.4 Å². The molecular formula is C13H16ClNO. The minimum absolute atomic E-state index is 0. The number of hydrogen-bond acceptors (Lipinski definition) is 1. The third-order valence-corrected chi connectivity index (χ3v) is 2.77. The Bertz CT molecular complexity index is 386. The van der Waals surface area contributed by atoms with Gasteiger partial charge in [0, 0.05) is 0 Å². The van der Waals surface area contributed by atoms with E-state index in [1.807, 2.05) is 36.4 Å². The van der Waals surface area contributed by atoms with Crippen LogP contribution in [0.1, 0.15) is 12.0 Å². The van der Waals surface area contributed by atoms with E-state index in [0.29, 0.717) is 12.2 Å². The highest BCUT2D eigenvalue weighted by atomic mass is 35.5. The zero-order valence-electron chi connectivity index (χ0n) is 9.37. The van der Waals surface area contributed by atoms with Crippen LogP contribution >= 0.6 is 0 Å². The molecule has 1 fully saturated rings. The van der Waals surface area contributed by atoms with E-state index in [9.17, 15) is 4.79 Å². The van der Waals surface area contributed by atoms with Gasteiger partial charge in [-0.3, -0.25) is 4.79 Å². The molecule has 0 saturated carbocycles. The van der Waals surface area contributed by atoms with Gasteiger partial charge in [0.25, 0.3) is 0 Å². The van der Waals surface area contributed by atoms with Crippen LogP contribution in [-0.2, 0) is 4.79 Å². The quantitative estimate of drug-likeness (QED) is 0.539. The van der Waals surface area contributed by atoms with Crippen molar-refractivity contribution in [1.82, 2.24) is 0 Å². The summed E-state index contributed by atoms with van der Waals surface area (Å²) in [5.41, 5.74) is 2.08. The number of quaternary nitrogens is 1. The standard InChI is InChI=1S/C13H15NO.ClH/c1-14-8-7-13(15)12(10-14)9-11-5-3-2-4-6-11;/h2-6,9H,7-8,10H2,1H3;1H/b12-9+;. The first-order valence-corrected chi connectivity index (χ1v) is 5.36. The summed E-state index contributed by atoms with van der Waals surface area (Å²) in [6, 6.07) is 10.0. The fourth-order valence-corrected chi connectivity index (χ4v) is 1.88. The molecule has 1 N–H and O–H groups in total. The fourth-order valence-electron chi connectivity index (χ4n) is 1.88. The first kappa shape index (κ1) is 12.9. The molecule has 3 heteroatoms. The Kier molecular flexibility index (Phi) is 4.71. The molecule has 1 heterocycles. The van der Waals surface area contributed by atoms with Crippen molar-refractivity contribution in [1.29, 1.82) is 0 Å². The Morgan fingerprint density at radius 1 is 1.25 bits per heavy atom. The topological polar surface area (TPSA) is 21.5 Å². The van der Waals surface area contributed by atoms with Crippen molar-refractivity contribution in [3.05, 3.63) is 41.5 Å². The molecule has 0 spiro atoms. The number of ketones is 1. The lowest BCUT2D eigenvalue weighted by Crippen LogP contribution is -3.10. The van der Waals surface area contributed by atoms with Crippen molar-refractivity contribution < 1.29 is 22.1 Å². The molecule has 0 amide bonds. The number of likely N-dealkylation sites (N-methyl/N-ethyl adjacent to an activating group) is 1. The molecule has 1 atom stereocenters. The van der Waals surface area contributed by atoms with E-state index in [1.54, 1.807) is 0 Å². The van der Waals surface area contributed by atoms with Gasteiger partial charge in [0.2, 0.25) is 0 Å². The molecular weight excluding hydrogens is 222 g/mol. The number of piperidine rings is 1. The van der Waals surface area contributed by atoms with Gasteiger partial charge in [-0.05, 0) is 11.6 Å². The number of carbonyl (C=O) groups excluding carboxylic acids is 1. The van der Waals surface area contributed by atoms with Gasteiger partial charge < -0.3 is 17.3 Å². The molecule has 1 unspecified atom stereocenters. The Morgan fingerprint density at radius 2 is 1.94 bits per heavy atom. The second-order valence-electron chi connectivity index (χ2n) is 4.14. The molecule has 2 rings (SSSR count). The number of nitrogens with one attached hydrogen (secondary N) is 1. The van der Waals surface area contributed by atoms with Crippen LogP contribution < -0.4 is 17.3 Å². The summed E-state index contributed by atoms with van der Waals surface area (Å²) in [4.78, 5) is 13.1. The lowest BCUT2D eigenvalue weighted by Gasteiger charge is -2.20. The molecule has 2 nitrogen and oxygen atoms in total. The summed E-state index contributed by atoms with van der Waals surface area (Å²) in [7, 11) is 2.13. The highest BCUT2D eigenvalue weighted by molar-refractivity contribution is 6.00. The van der Waals surface area contributed by atoms with E-state index in [2.05, 4.69) is 7.05 Å². The van der Waals surface area contributed by atoms with Gasteiger partial charge in [-0.1, -0.05) is 30.3 Å². The molecule has 0 radical (unpaired) electrons. The third-order valence-electron chi connectivity index (χ3n) is 2.77. The van der Waals surface area contributed by atoms with Crippen molar-refractivity contribution in [3.8, 4) is 0 Å². The average Bonchev–Trinajstić information content (AvgIpc) is 2.25. The monoisotopic (exact) mass is 237 g/mol. The Labute approximate surface area is 102 Å². The molecule has 0 aliphatic carbocycles.